The lowest BCUT2D eigenvalue weighted by Gasteiger charge is -2.07. The molecular weight excluding hydrogens is 331 g/mol. The molecule has 0 saturated carbocycles. The second kappa shape index (κ2) is 6.87. The van der Waals surface area contributed by atoms with Gasteiger partial charge in [0.2, 0.25) is 5.88 Å². The summed E-state index contributed by atoms with van der Waals surface area (Å²) in [5.41, 5.74) is 6.24. The lowest BCUT2D eigenvalue weighted by atomic mass is 10.1. The van der Waals surface area contributed by atoms with Crippen molar-refractivity contribution in [2.24, 2.45) is 10.7 Å². The van der Waals surface area contributed by atoms with Gasteiger partial charge >= 0.3 is 6.18 Å². The van der Waals surface area contributed by atoms with E-state index >= 15 is 0 Å². The lowest BCUT2D eigenvalue weighted by molar-refractivity contribution is -0.137. The molecule has 4 nitrogen and oxygen atoms in total. The number of methoxy groups -OCH3 is 1. The molecular formula is C15H13ClF3N3O. The Hall–Kier alpha value is -2.28. The minimum absolute atomic E-state index is 0.146. The third-order valence-corrected chi connectivity index (χ3v) is 3.28. The van der Waals surface area contributed by atoms with E-state index in [-0.39, 0.29) is 23.3 Å². The SMILES string of the molecule is COc1ncc(C(N)=NCc2ccc(C(F)(F)F)cc2)cc1Cl. The Morgan fingerprint density at radius 1 is 1.30 bits per heavy atom. The molecule has 2 N–H and O–H groups in total. The molecule has 0 bridgehead atoms. The summed E-state index contributed by atoms with van der Waals surface area (Å²) in [4.78, 5) is 8.10. The highest BCUT2D eigenvalue weighted by atomic mass is 35.5. The van der Waals surface area contributed by atoms with Gasteiger partial charge in [-0.2, -0.15) is 13.2 Å². The van der Waals surface area contributed by atoms with E-state index in [1.807, 2.05) is 0 Å². The third kappa shape index (κ3) is 4.35. The first-order chi connectivity index (χ1) is 10.8. The third-order valence-electron chi connectivity index (χ3n) is 3.01. The highest BCUT2D eigenvalue weighted by Gasteiger charge is 2.29. The number of hydrogen-bond acceptors (Lipinski definition) is 3. The second-order valence-corrected chi connectivity index (χ2v) is 5.02. The van der Waals surface area contributed by atoms with E-state index in [0.717, 1.165) is 12.1 Å². The monoisotopic (exact) mass is 343 g/mol. The van der Waals surface area contributed by atoms with Crippen molar-refractivity contribution in [1.29, 1.82) is 0 Å². The molecule has 0 aliphatic rings. The van der Waals surface area contributed by atoms with Gasteiger partial charge in [0.1, 0.15) is 10.9 Å². The van der Waals surface area contributed by atoms with Gasteiger partial charge in [-0.15, -0.1) is 0 Å². The van der Waals surface area contributed by atoms with Gasteiger partial charge in [0.25, 0.3) is 0 Å². The number of hydrogen-bond donors (Lipinski definition) is 1. The Labute approximate surface area is 135 Å². The van der Waals surface area contributed by atoms with Gasteiger partial charge in [0.05, 0.1) is 19.2 Å². The second-order valence-electron chi connectivity index (χ2n) is 4.61. The van der Waals surface area contributed by atoms with Crippen LogP contribution in [-0.2, 0) is 12.7 Å². The van der Waals surface area contributed by atoms with Crippen LogP contribution in [0, 0.1) is 0 Å². The van der Waals surface area contributed by atoms with Crippen LogP contribution in [0.4, 0.5) is 13.2 Å². The Morgan fingerprint density at radius 2 is 1.96 bits per heavy atom. The molecule has 0 atom stereocenters. The van der Waals surface area contributed by atoms with Crippen LogP contribution in [0.5, 0.6) is 5.88 Å². The summed E-state index contributed by atoms with van der Waals surface area (Å²) in [5.74, 6) is 0.452. The van der Waals surface area contributed by atoms with Crippen LogP contribution in [0.3, 0.4) is 0 Å². The largest absolute Gasteiger partial charge is 0.480 e. The highest BCUT2D eigenvalue weighted by Crippen LogP contribution is 2.29. The molecule has 0 saturated heterocycles. The van der Waals surface area contributed by atoms with E-state index in [2.05, 4.69) is 9.98 Å². The number of aliphatic imine (C=N–C) groups is 1. The van der Waals surface area contributed by atoms with E-state index in [0.29, 0.717) is 11.1 Å². The van der Waals surface area contributed by atoms with Crippen molar-refractivity contribution in [1.82, 2.24) is 4.98 Å². The number of pyridine rings is 1. The number of rotatable bonds is 4. The molecule has 0 spiro atoms. The Bertz CT molecular complexity index is 715. The van der Waals surface area contributed by atoms with Crippen LogP contribution in [0.15, 0.2) is 41.5 Å². The molecule has 1 aromatic carbocycles. The fourth-order valence-electron chi connectivity index (χ4n) is 1.78. The summed E-state index contributed by atoms with van der Waals surface area (Å²) in [6.07, 6.45) is -2.90. The van der Waals surface area contributed by atoms with Crippen molar-refractivity contribution in [2.75, 3.05) is 7.11 Å². The Balaban J connectivity index is 2.11. The van der Waals surface area contributed by atoms with Crippen LogP contribution < -0.4 is 10.5 Å². The molecule has 2 rings (SSSR count). The number of nitrogens with two attached hydrogens (primary N) is 1. The van der Waals surface area contributed by atoms with E-state index in [1.165, 1.54) is 25.4 Å². The molecule has 8 heteroatoms. The first-order valence-electron chi connectivity index (χ1n) is 6.47. The predicted octanol–water partition coefficient (Wildman–Crippen LogP) is 3.67. The lowest BCUT2D eigenvalue weighted by Crippen LogP contribution is -2.14. The number of halogens is 4. The molecule has 0 fully saturated rings. The minimum Gasteiger partial charge on any atom is -0.480 e. The van der Waals surface area contributed by atoms with Gasteiger partial charge in [-0.1, -0.05) is 23.7 Å². The fourth-order valence-corrected chi connectivity index (χ4v) is 2.03. The molecule has 0 aliphatic carbocycles. The van der Waals surface area contributed by atoms with Gasteiger partial charge in [-0.25, -0.2) is 4.98 Å². The molecule has 0 amide bonds. The van der Waals surface area contributed by atoms with Crippen LogP contribution in [0.25, 0.3) is 0 Å². The van der Waals surface area contributed by atoms with Crippen LogP contribution in [0.2, 0.25) is 5.02 Å². The summed E-state index contributed by atoms with van der Waals surface area (Å²) in [7, 11) is 1.44. The van der Waals surface area contributed by atoms with Crippen molar-refractivity contribution < 1.29 is 17.9 Å². The highest BCUT2D eigenvalue weighted by molar-refractivity contribution is 6.32. The van der Waals surface area contributed by atoms with E-state index in [9.17, 15) is 13.2 Å². The maximum Gasteiger partial charge on any atom is 0.416 e. The summed E-state index contributed by atoms with van der Waals surface area (Å²) in [5, 5.41) is 0.290. The van der Waals surface area contributed by atoms with Crippen LogP contribution >= 0.6 is 11.6 Å². The number of amidine groups is 1. The molecule has 23 heavy (non-hydrogen) atoms. The zero-order chi connectivity index (χ0) is 17.0. The normalized spacial score (nSPS) is 12.3. The van der Waals surface area contributed by atoms with Crippen molar-refractivity contribution >= 4 is 17.4 Å². The quantitative estimate of drug-likeness (QED) is 0.680. The zero-order valence-electron chi connectivity index (χ0n) is 12.1. The van der Waals surface area contributed by atoms with E-state index < -0.39 is 11.7 Å². The number of ether oxygens (including phenoxy) is 1. The van der Waals surface area contributed by atoms with E-state index in [1.54, 1.807) is 6.07 Å². The maximum absolute atomic E-state index is 12.5. The molecule has 2 aromatic rings. The number of alkyl halides is 3. The van der Waals surface area contributed by atoms with Crippen LogP contribution in [-0.4, -0.2) is 17.9 Å². The average molecular weight is 344 g/mol. The standard InChI is InChI=1S/C15H13ClF3N3O/c1-23-14-12(16)6-10(8-22-14)13(20)21-7-9-2-4-11(5-3-9)15(17,18)19/h2-6,8H,7H2,1H3,(H2,20,21). The fraction of sp³-hybridized carbons (Fsp3) is 0.200. The predicted molar refractivity (Wildman–Crippen MR) is 81.7 cm³/mol. The zero-order valence-corrected chi connectivity index (χ0v) is 12.8. The summed E-state index contributed by atoms with van der Waals surface area (Å²) in [6, 6.07) is 6.29. The van der Waals surface area contributed by atoms with Gasteiger partial charge in [-0.3, -0.25) is 4.99 Å². The maximum atomic E-state index is 12.5. The molecule has 0 aliphatic heterocycles. The molecule has 1 aromatic heterocycles. The molecule has 0 unspecified atom stereocenters. The van der Waals surface area contributed by atoms with Gasteiger partial charge in [-0.05, 0) is 23.8 Å². The van der Waals surface area contributed by atoms with E-state index in [4.69, 9.17) is 22.1 Å². The van der Waals surface area contributed by atoms with Gasteiger partial charge in [0.15, 0.2) is 0 Å². The van der Waals surface area contributed by atoms with Crippen molar-refractivity contribution in [3.63, 3.8) is 0 Å². The Kier molecular flexibility index (Phi) is 5.10. The first kappa shape index (κ1) is 17.1. The van der Waals surface area contributed by atoms with Crippen molar-refractivity contribution in [2.45, 2.75) is 12.7 Å². The number of aromatic nitrogens is 1. The van der Waals surface area contributed by atoms with Crippen molar-refractivity contribution in [3.05, 3.63) is 58.2 Å². The first-order valence-corrected chi connectivity index (χ1v) is 6.85. The number of nitrogens with zero attached hydrogens (tertiary/aromatic N) is 2. The Morgan fingerprint density at radius 3 is 2.48 bits per heavy atom. The smallest absolute Gasteiger partial charge is 0.416 e. The van der Waals surface area contributed by atoms with Gasteiger partial charge < -0.3 is 10.5 Å². The van der Waals surface area contributed by atoms with Gasteiger partial charge in [0, 0.05) is 11.8 Å². The van der Waals surface area contributed by atoms with Crippen LogP contribution in [0.1, 0.15) is 16.7 Å². The molecule has 122 valence electrons. The minimum atomic E-state index is -4.35. The molecule has 0 radical (unpaired) electrons. The number of benzene rings is 1. The molecule has 1 heterocycles. The summed E-state index contributed by atoms with van der Waals surface area (Å²) < 4.78 is 42.4. The average Bonchev–Trinajstić information content (AvgIpc) is 2.52. The van der Waals surface area contributed by atoms with Crippen molar-refractivity contribution in [3.8, 4) is 5.88 Å². The summed E-state index contributed by atoms with van der Waals surface area (Å²) >= 11 is 5.95. The topological polar surface area (TPSA) is 60.5 Å². The summed E-state index contributed by atoms with van der Waals surface area (Å²) in [6.45, 7) is 0.146.